The molecule has 1 fully saturated rings. The summed E-state index contributed by atoms with van der Waals surface area (Å²) in [7, 11) is 0. The second-order valence-electron chi connectivity index (χ2n) is 7.42. The average molecular weight is 528 g/mol. The molecule has 0 aliphatic carbocycles. The van der Waals surface area contributed by atoms with Crippen LogP contribution in [0, 0.1) is 19.3 Å². The number of esters is 3. The van der Waals surface area contributed by atoms with Crippen LogP contribution in [0.2, 0.25) is 0 Å². The van der Waals surface area contributed by atoms with Crippen LogP contribution < -0.4 is 0 Å². The summed E-state index contributed by atoms with van der Waals surface area (Å²) in [6.07, 6.45) is -4.82. The number of halogens is 3. The van der Waals surface area contributed by atoms with E-state index in [9.17, 15) is 14.4 Å². The number of rotatable bonds is 6. The molecule has 1 aliphatic rings. The molecule has 0 radical (unpaired) electrons. The Morgan fingerprint density at radius 1 is 0.970 bits per heavy atom. The molecular weight excluding hydrogens is 503 g/mol. The Labute approximate surface area is 205 Å². The van der Waals surface area contributed by atoms with Gasteiger partial charge < -0.3 is 28.3 Å². The lowest BCUT2D eigenvalue weighted by molar-refractivity contribution is -0.269. The predicted octanol–water partition coefficient (Wildman–Crippen LogP) is 3.16. The summed E-state index contributed by atoms with van der Waals surface area (Å²) in [5, 5.41) is 8.02. The monoisotopic (exact) mass is 526 g/mol. The van der Waals surface area contributed by atoms with Gasteiger partial charge in [0.15, 0.2) is 12.2 Å². The number of nitrogens with zero attached hydrogens (tertiary/aromatic N) is 1. The van der Waals surface area contributed by atoms with Crippen molar-refractivity contribution >= 4 is 58.6 Å². The van der Waals surface area contributed by atoms with Crippen LogP contribution in [-0.2, 0) is 38.1 Å². The average Bonchev–Trinajstić information content (AvgIpc) is 2.99. The first-order chi connectivity index (χ1) is 15.2. The third-order valence-corrected chi connectivity index (χ3v) is 5.30. The maximum atomic E-state index is 12.0. The van der Waals surface area contributed by atoms with Crippen LogP contribution in [0.25, 0.3) is 0 Å². The fourth-order valence-electron chi connectivity index (χ4n) is 3.59. The van der Waals surface area contributed by atoms with E-state index in [-0.39, 0.29) is 6.61 Å². The highest BCUT2D eigenvalue weighted by Gasteiger charge is 2.53. The summed E-state index contributed by atoms with van der Waals surface area (Å²) >= 11 is 17.4. The molecule has 1 aromatic rings. The number of hydrogen-bond donors (Lipinski definition) is 1. The number of aromatic nitrogens is 1. The molecule has 13 heteroatoms. The number of ether oxygens (including phenoxy) is 5. The molecular formula is C20H25Cl3N2O8. The van der Waals surface area contributed by atoms with Gasteiger partial charge >= 0.3 is 17.9 Å². The smallest absolute Gasteiger partial charge is 0.303 e. The van der Waals surface area contributed by atoms with Crippen molar-refractivity contribution in [3.63, 3.8) is 0 Å². The summed E-state index contributed by atoms with van der Waals surface area (Å²) < 4.78 is 27.2. The second-order valence-corrected chi connectivity index (χ2v) is 9.70. The summed E-state index contributed by atoms with van der Waals surface area (Å²) in [6, 6.07) is 2.65. The van der Waals surface area contributed by atoms with Gasteiger partial charge in [0.25, 0.3) is 3.79 Å². The number of alkyl halides is 3. The zero-order chi connectivity index (χ0) is 25.1. The Hall–Kier alpha value is -2.01. The number of hydrogen-bond acceptors (Lipinski definition) is 9. The molecule has 5 atom stereocenters. The SMILES string of the molecule is CC(=O)OC[C@H]1OC(OC(=N)C(Cl)(Cl)Cl)[C@H](n2c(C)ccc2C)[C@@H](OC(C)=O)[C@@H]1OC(C)=O. The molecule has 1 unspecified atom stereocenters. The summed E-state index contributed by atoms with van der Waals surface area (Å²) in [4.78, 5) is 35.4. The maximum Gasteiger partial charge on any atom is 0.303 e. The zero-order valence-electron chi connectivity index (χ0n) is 18.6. The van der Waals surface area contributed by atoms with E-state index >= 15 is 0 Å². The van der Waals surface area contributed by atoms with Crippen LogP contribution in [0.15, 0.2) is 12.1 Å². The number of aryl methyl sites for hydroxylation is 2. The first kappa shape index (κ1) is 27.2. The minimum absolute atomic E-state index is 0.359. The molecule has 1 aliphatic heterocycles. The molecule has 0 spiro atoms. The Bertz CT molecular complexity index is 894. The summed E-state index contributed by atoms with van der Waals surface area (Å²) in [5.41, 5.74) is 1.46. The van der Waals surface area contributed by atoms with Crippen molar-refractivity contribution in [3.8, 4) is 0 Å². The van der Waals surface area contributed by atoms with E-state index in [1.807, 2.05) is 12.1 Å². The molecule has 33 heavy (non-hydrogen) atoms. The van der Waals surface area contributed by atoms with E-state index in [1.54, 1.807) is 18.4 Å². The van der Waals surface area contributed by atoms with E-state index < -0.39 is 58.2 Å². The third kappa shape index (κ3) is 6.99. The van der Waals surface area contributed by atoms with Crippen LogP contribution in [0.3, 0.4) is 0 Å². The lowest BCUT2D eigenvalue weighted by Crippen LogP contribution is -2.60. The Morgan fingerprint density at radius 3 is 1.94 bits per heavy atom. The standard InChI is InChI=1S/C20H25Cl3N2O8/c1-9-6-7-10(2)25(9)15-17(31-13(5)28)16(30-12(4)27)14(8-29-11(3)26)32-18(15)33-19(24)20(21,22)23/h6-7,14-18,24H,8H2,1-5H3/t14-,15-,16-,17-,18?/m1/s1. The summed E-state index contributed by atoms with van der Waals surface area (Å²) in [5.74, 6) is -2.71. The quantitative estimate of drug-likeness (QED) is 0.197. The van der Waals surface area contributed by atoms with Gasteiger partial charge in [-0.2, -0.15) is 0 Å². The van der Waals surface area contributed by atoms with Crippen LogP contribution in [0.4, 0.5) is 0 Å². The highest BCUT2D eigenvalue weighted by Crippen LogP contribution is 2.39. The lowest BCUT2D eigenvalue weighted by Gasteiger charge is -2.46. The minimum Gasteiger partial charge on any atom is -0.463 e. The van der Waals surface area contributed by atoms with Crippen molar-refractivity contribution in [2.75, 3.05) is 6.61 Å². The Kier molecular flexibility index (Phi) is 9.03. The fourth-order valence-corrected chi connectivity index (χ4v) is 3.72. The Morgan fingerprint density at radius 2 is 1.48 bits per heavy atom. The first-order valence-electron chi connectivity index (χ1n) is 9.82. The predicted molar refractivity (Wildman–Crippen MR) is 118 cm³/mol. The normalized spacial score (nSPS) is 25.2. The van der Waals surface area contributed by atoms with Crippen molar-refractivity contribution in [1.82, 2.24) is 4.57 Å². The van der Waals surface area contributed by atoms with Gasteiger partial charge in [0.05, 0.1) is 0 Å². The van der Waals surface area contributed by atoms with Gasteiger partial charge in [-0.15, -0.1) is 0 Å². The first-order valence-corrected chi connectivity index (χ1v) is 11.0. The van der Waals surface area contributed by atoms with E-state index in [2.05, 4.69) is 0 Å². The summed E-state index contributed by atoms with van der Waals surface area (Å²) in [6.45, 7) is 6.78. The van der Waals surface area contributed by atoms with Gasteiger partial charge in [0.1, 0.15) is 18.8 Å². The molecule has 0 bridgehead atoms. The number of carbonyl (C=O) groups is 3. The number of nitrogens with one attached hydrogen (secondary N) is 1. The zero-order valence-corrected chi connectivity index (χ0v) is 20.9. The second kappa shape index (κ2) is 10.9. The third-order valence-electron chi connectivity index (χ3n) is 4.78. The van der Waals surface area contributed by atoms with Gasteiger partial charge in [-0.25, -0.2) is 0 Å². The van der Waals surface area contributed by atoms with Crippen LogP contribution in [-0.4, -0.2) is 63.4 Å². The van der Waals surface area contributed by atoms with E-state index in [1.165, 1.54) is 20.8 Å². The van der Waals surface area contributed by atoms with Gasteiger partial charge in [-0.3, -0.25) is 19.8 Å². The van der Waals surface area contributed by atoms with Crippen LogP contribution in [0.5, 0.6) is 0 Å². The lowest BCUT2D eigenvalue weighted by atomic mass is 9.95. The molecule has 1 N–H and O–H groups in total. The van der Waals surface area contributed by atoms with Gasteiger partial charge in [0.2, 0.25) is 12.2 Å². The van der Waals surface area contributed by atoms with Crippen molar-refractivity contribution in [1.29, 1.82) is 5.41 Å². The largest absolute Gasteiger partial charge is 0.463 e. The topological polar surface area (TPSA) is 126 Å². The molecule has 0 amide bonds. The minimum atomic E-state index is -2.20. The van der Waals surface area contributed by atoms with E-state index in [0.29, 0.717) is 0 Å². The molecule has 2 heterocycles. The van der Waals surface area contributed by atoms with Crippen molar-refractivity contribution < 1.29 is 38.1 Å². The highest BCUT2D eigenvalue weighted by molar-refractivity contribution is 6.76. The van der Waals surface area contributed by atoms with Crippen LogP contribution >= 0.6 is 34.8 Å². The van der Waals surface area contributed by atoms with Crippen molar-refractivity contribution in [3.05, 3.63) is 23.5 Å². The highest BCUT2D eigenvalue weighted by atomic mass is 35.6. The fraction of sp³-hybridized carbons (Fsp3) is 0.600. The molecule has 1 saturated heterocycles. The van der Waals surface area contributed by atoms with Crippen LogP contribution in [0.1, 0.15) is 38.2 Å². The van der Waals surface area contributed by atoms with E-state index in [0.717, 1.165) is 11.4 Å². The molecule has 1 aromatic heterocycles. The van der Waals surface area contributed by atoms with Gasteiger partial charge in [0, 0.05) is 32.2 Å². The van der Waals surface area contributed by atoms with Gasteiger partial charge in [-0.1, -0.05) is 34.8 Å². The molecule has 10 nitrogen and oxygen atoms in total. The van der Waals surface area contributed by atoms with E-state index in [4.69, 9.17) is 63.9 Å². The number of carbonyl (C=O) groups excluding carboxylic acids is 3. The van der Waals surface area contributed by atoms with Crippen molar-refractivity contribution in [2.45, 2.75) is 69.1 Å². The molecule has 0 saturated carbocycles. The molecule has 184 valence electrons. The van der Waals surface area contributed by atoms with Crippen molar-refractivity contribution in [2.24, 2.45) is 0 Å². The maximum absolute atomic E-state index is 12.0. The Balaban J connectivity index is 2.63. The molecule has 2 rings (SSSR count). The van der Waals surface area contributed by atoms with Gasteiger partial charge in [-0.05, 0) is 26.0 Å². The molecule has 0 aromatic carbocycles.